The van der Waals surface area contributed by atoms with Gasteiger partial charge in [-0.2, -0.15) is 5.10 Å². The van der Waals surface area contributed by atoms with E-state index in [0.717, 1.165) is 0 Å². The Balaban J connectivity index is 2.08. The van der Waals surface area contributed by atoms with E-state index in [0.29, 0.717) is 12.5 Å². The Kier molecular flexibility index (Phi) is 3.23. The molecule has 0 unspecified atom stereocenters. The van der Waals surface area contributed by atoms with E-state index in [-0.39, 0.29) is 5.56 Å². The van der Waals surface area contributed by atoms with Crippen molar-refractivity contribution in [3.8, 4) is 0 Å². The van der Waals surface area contributed by atoms with Crippen LogP contribution in [-0.4, -0.2) is 20.9 Å². The van der Waals surface area contributed by atoms with Gasteiger partial charge in [-0.15, -0.1) is 0 Å². The summed E-state index contributed by atoms with van der Waals surface area (Å²) < 4.78 is 1.67. The highest BCUT2D eigenvalue weighted by Gasteiger charge is 2.09. The van der Waals surface area contributed by atoms with Gasteiger partial charge in [0.15, 0.2) is 0 Å². The van der Waals surface area contributed by atoms with Crippen LogP contribution in [-0.2, 0) is 6.54 Å². The van der Waals surface area contributed by atoms with Crippen LogP contribution >= 0.6 is 0 Å². The standard InChI is InChI=1S/C13H14N2O2/c1-10(11-5-3-2-4-6-11)8-15-9-12(7-14-15)13(16)17/h2-7,9-10H,8H2,1H3,(H,16,17)/t10-/m1/s1. The van der Waals surface area contributed by atoms with Crippen LogP contribution in [0.25, 0.3) is 0 Å². The Morgan fingerprint density at radius 3 is 2.71 bits per heavy atom. The molecule has 1 atom stereocenters. The Bertz CT molecular complexity index is 505. The molecule has 17 heavy (non-hydrogen) atoms. The minimum absolute atomic E-state index is 0.227. The lowest BCUT2D eigenvalue weighted by Gasteiger charge is -2.11. The van der Waals surface area contributed by atoms with Gasteiger partial charge in [-0.3, -0.25) is 4.68 Å². The summed E-state index contributed by atoms with van der Waals surface area (Å²) in [6.45, 7) is 2.77. The van der Waals surface area contributed by atoms with Crippen molar-refractivity contribution in [3.05, 3.63) is 53.9 Å². The summed E-state index contributed by atoms with van der Waals surface area (Å²) in [5.74, 6) is -0.638. The maximum absolute atomic E-state index is 10.7. The number of carbonyl (C=O) groups is 1. The minimum Gasteiger partial charge on any atom is -0.478 e. The van der Waals surface area contributed by atoms with Crippen LogP contribution in [0.5, 0.6) is 0 Å². The molecule has 0 aliphatic carbocycles. The second kappa shape index (κ2) is 4.82. The molecule has 1 aromatic carbocycles. The second-order valence-corrected chi connectivity index (χ2v) is 4.07. The summed E-state index contributed by atoms with van der Waals surface area (Å²) in [6, 6.07) is 10.1. The molecule has 0 radical (unpaired) electrons. The van der Waals surface area contributed by atoms with Gasteiger partial charge in [0.05, 0.1) is 11.8 Å². The van der Waals surface area contributed by atoms with Crippen LogP contribution < -0.4 is 0 Å². The largest absolute Gasteiger partial charge is 0.478 e. The zero-order valence-corrected chi connectivity index (χ0v) is 9.58. The van der Waals surface area contributed by atoms with E-state index in [2.05, 4.69) is 24.2 Å². The molecule has 1 aromatic heterocycles. The molecule has 0 saturated carbocycles. The molecule has 2 rings (SSSR count). The first-order valence-corrected chi connectivity index (χ1v) is 5.47. The van der Waals surface area contributed by atoms with Crippen molar-refractivity contribution in [1.82, 2.24) is 9.78 Å². The predicted molar refractivity (Wildman–Crippen MR) is 64.0 cm³/mol. The number of benzene rings is 1. The Labute approximate surface area is 99.5 Å². The third-order valence-electron chi connectivity index (χ3n) is 2.71. The molecule has 0 saturated heterocycles. The van der Waals surface area contributed by atoms with Crippen molar-refractivity contribution in [1.29, 1.82) is 0 Å². The van der Waals surface area contributed by atoms with Gasteiger partial charge in [-0.1, -0.05) is 37.3 Å². The maximum Gasteiger partial charge on any atom is 0.338 e. The summed E-state index contributed by atoms with van der Waals surface area (Å²) in [5, 5.41) is 12.8. The molecule has 4 heteroatoms. The second-order valence-electron chi connectivity index (χ2n) is 4.07. The molecule has 88 valence electrons. The SMILES string of the molecule is C[C@H](Cn1cc(C(=O)O)cn1)c1ccccc1. The van der Waals surface area contributed by atoms with E-state index >= 15 is 0 Å². The van der Waals surface area contributed by atoms with Crippen LogP contribution in [0.1, 0.15) is 28.8 Å². The number of aromatic carboxylic acids is 1. The smallest absolute Gasteiger partial charge is 0.338 e. The zero-order chi connectivity index (χ0) is 12.3. The van der Waals surface area contributed by atoms with E-state index in [1.807, 2.05) is 18.2 Å². The average molecular weight is 230 g/mol. The van der Waals surface area contributed by atoms with Crippen LogP contribution in [0.2, 0.25) is 0 Å². The Morgan fingerprint density at radius 1 is 1.41 bits per heavy atom. The van der Waals surface area contributed by atoms with Gasteiger partial charge in [0.1, 0.15) is 0 Å². The van der Waals surface area contributed by atoms with Crippen LogP contribution in [0, 0.1) is 0 Å². The van der Waals surface area contributed by atoms with E-state index in [9.17, 15) is 4.79 Å². The summed E-state index contributed by atoms with van der Waals surface area (Å²) in [4.78, 5) is 10.7. The van der Waals surface area contributed by atoms with E-state index in [1.54, 1.807) is 10.9 Å². The number of hydrogen-bond donors (Lipinski definition) is 1. The van der Waals surface area contributed by atoms with Gasteiger partial charge < -0.3 is 5.11 Å². The van der Waals surface area contributed by atoms with Crippen molar-refractivity contribution in [2.24, 2.45) is 0 Å². The fourth-order valence-electron chi connectivity index (χ4n) is 1.74. The van der Waals surface area contributed by atoms with Gasteiger partial charge in [0.2, 0.25) is 0 Å². The van der Waals surface area contributed by atoms with Crippen molar-refractivity contribution >= 4 is 5.97 Å². The van der Waals surface area contributed by atoms with Crippen molar-refractivity contribution < 1.29 is 9.90 Å². The fraction of sp³-hybridized carbons (Fsp3) is 0.231. The first kappa shape index (κ1) is 11.4. The summed E-state index contributed by atoms with van der Waals surface area (Å²) >= 11 is 0. The average Bonchev–Trinajstić information content (AvgIpc) is 2.79. The highest BCUT2D eigenvalue weighted by Crippen LogP contribution is 2.16. The number of rotatable bonds is 4. The molecular weight excluding hydrogens is 216 g/mol. The van der Waals surface area contributed by atoms with E-state index < -0.39 is 5.97 Å². The molecule has 1 N–H and O–H groups in total. The first-order chi connectivity index (χ1) is 8.16. The van der Waals surface area contributed by atoms with Gasteiger partial charge in [0, 0.05) is 18.7 Å². The van der Waals surface area contributed by atoms with Crippen molar-refractivity contribution in [2.75, 3.05) is 0 Å². The van der Waals surface area contributed by atoms with Crippen molar-refractivity contribution in [3.63, 3.8) is 0 Å². The van der Waals surface area contributed by atoms with Gasteiger partial charge in [-0.05, 0) is 5.56 Å². The number of hydrogen-bond acceptors (Lipinski definition) is 2. The molecule has 4 nitrogen and oxygen atoms in total. The quantitative estimate of drug-likeness (QED) is 0.877. The Morgan fingerprint density at radius 2 is 2.12 bits per heavy atom. The first-order valence-electron chi connectivity index (χ1n) is 5.47. The monoisotopic (exact) mass is 230 g/mol. The van der Waals surface area contributed by atoms with Gasteiger partial charge >= 0.3 is 5.97 Å². The molecule has 0 spiro atoms. The lowest BCUT2D eigenvalue weighted by Crippen LogP contribution is -2.06. The lowest BCUT2D eigenvalue weighted by molar-refractivity contribution is 0.0696. The summed E-state index contributed by atoms with van der Waals surface area (Å²) in [7, 11) is 0. The number of carboxylic acids is 1. The van der Waals surface area contributed by atoms with E-state index in [1.165, 1.54) is 11.8 Å². The number of nitrogens with zero attached hydrogens (tertiary/aromatic N) is 2. The van der Waals surface area contributed by atoms with Crippen LogP contribution in [0.15, 0.2) is 42.7 Å². The molecule has 0 bridgehead atoms. The third kappa shape index (κ3) is 2.72. The summed E-state index contributed by atoms with van der Waals surface area (Å²) in [6.07, 6.45) is 2.93. The van der Waals surface area contributed by atoms with Crippen LogP contribution in [0.4, 0.5) is 0 Å². The number of aromatic nitrogens is 2. The highest BCUT2D eigenvalue weighted by atomic mass is 16.4. The minimum atomic E-state index is -0.941. The normalized spacial score (nSPS) is 12.3. The fourth-order valence-corrected chi connectivity index (χ4v) is 1.74. The molecule has 0 aliphatic rings. The maximum atomic E-state index is 10.7. The molecule has 1 heterocycles. The Hall–Kier alpha value is -2.10. The van der Waals surface area contributed by atoms with Crippen molar-refractivity contribution in [2.45, 2.75) is 19.4 Å². The zero-order valence-electron chi connectivity index (χ0n) is 9.58. The highest BCUT2D eigenvalue weighted by molar-refractivity contribution is 5.86. The molecule has 0 aliphatic heterocycles. The lowest BCUT2D eigenvalue weighted by atomic mass is 10.0. The van der Waals surface area contributed by atoms with Gasteiger partial charge in [0.25, 0.3) is 0 Å². The van der Waals surface area contributed by atoms with Gasteiger partial charge in [-0.25, -0.2) is 4.79 Å². The third-order valence-corrected chi connectivity index (χ3v) is 2.71. The van der Waals surface area contributed by atoms with Crippen LogP contribution in [0.3, 0.4) is 0 Å². The number of carboxylic acid groups (broad SMARTS) is 1. The molecule has 2 aromatic rings. The topological polar surface area (TPSA) is 55.1 Å². The molecular formula is C13H14N2O2. The predicted octanol–water partition coefficient (Wildman–Crippen LogP) is 2.39. The van der Waals surface area contributed by atoms with E-state index in [4.69, 9.17) is 5.11 Å². The molecule has 0 amide bonds. The summed E-state index contributed by atoms with van der Waals surface area (Å²) in [5.41, 5.74) is 1.45. The molecule has 0 fully saturated rings.